The molecule has 2 N–H and O–H groups in total. The van der Waals surface area contributed by atoms with E-state index in [-0.39, 0.29) is 5.78 Å². The molecule has 0 saturated carbocycles. The van der Waals surface area contributed by atoms with Gasteiger partial charge in [-0.15, -0.1) is 0 Å². The number of aromatic nitrogens is 1. The Hall–Kier alpha value is -2.36. The van der Waals surface area contributed by atoms with Crippen molar-refractivity contribution < 1.29 is 4.79 Å². The van der Waals surface area contributed by atoms with Gasteiger partial charge < -0.3 is 10.6 Å². The lowest BCUT2D eigenvalue weighted by atomic mass is 10.1. The van der Waals surface area contributed by atoms with E-state index in [0.29, 0.717) is 11.3 Å². The molecular formula is C14H15N3O. The number of hydrogen-bond acceptors (Lipinski definition) is 4. The normalized spacial score (nSPS) is 11.0. The monoisotopic (exact) mass is 241 g/mol. The van der Waals surface area contributed by atoms with Crippen LogP contribution >= 0.6 is 0 Å². The highest BCUT2D eigenvalue weighted by Crippen LogP contribution is 2.17. The van der Waals surface area contributed by atoms with Crippen LogP contribution in [0.2, 0.25) is 0 Å². The van der Waals surface area contributed by atoms with Crippen LogP contribution in [0, 0.1) is 0 Å². The van der Waals surface area contributed by atoms with Gasteiger partial charge in [-0.3, -0.25) is 9.78 Å². The minimum Gasteiger partial charge on any atom is -0.399 e. The summed E-state index contributed by atoms with van der Waals surface area (Å²) >= 11 is 0. The molecule has 0 amide bonds. The standard InChI is InChI=1S/C14H15N3O/c1-17(2)6-5-14(18)11-7-10-8-12(15)3-4-13(10)16-9-11/h3-9H,15H2,1-2H3. The van der Waals surface area contributed by atoms with Gasteiger partial charge in [0.2, 0.25) is 0 Å². The molecule has 0 fully saturated rings. The van der Waals surface area contributed by atoms with E-state index in [1.807, 2.05) is 31.1 Å². The molecule has 0 aliphatic rings. The highest BCUT2D eigenvalue weighted by Gasteiger charge is 2.04. The number of nitrogens with two attached hydrogens (primary N) is 1. The zero-order chi connectivity index (χ0) is 13.1. The van der Waals surface area contributed by atoms with Gasteiger partial charge in [-0.25, -0.2) is 0 Å². The number of rotatable bonds is 3. The molecule has 2 aromatic rings. The molecule has 1 heterocycles. The first-order valence-electron chi connectivity index (χ1n) is 5.60. The van der Waals surface area contributed by atoms with Crippen LogP contribution in [-0.2, 0) is 0 Å². The Balaban J connectivity index is 2.37. The molecule has 2 rings (SSSR count). The third kappa shape index (κ3) is 2.66. The zero-order valence-corrected chi connectivity index (χ0v) is 10.4. The van der Waals surface area contributed by atoms with Crippen LogP contribution in [-0.4, -0.2) is 29.8 Å². The van der Waals surface area contributed by atoms with Crippen molar-refractivity contribution >= 4 is 22.4 Å². The van der Waals surface area contributed by atoms with Gasteiger partial charge in [-0.05, 0) is 24.3 Å². The average molecular weight is 241 g/mol. The molecule has 4 heteroatoms. The second kappa shape index (κ2) is 4.87. The van der Waals surface area contributed by atoms with Crippen molar-refractivity contribution in [1.29, 1.82) is 0 Å². The van der Waals surface area contributed by atoms with Gasteiger partial charge in [0.15, 0.2) is 5.78 Å². The van der Waals surface area contributed by atoms with Crippen molar-refractivity contribution in [3.8, 4) is 0 Å². The average Bonchev–Trinajstić information content (AvgIpc) is 2.34. The van der Waals surface area contributed by atoms with Gasteiger partial charge in [-0.1, -0.05) is 0 Å². The summed E-state index contributed by atoms with van der Waals surface area (Å²) in [5, 5.41) is 0.874. The Morgan fingerprint density at radius 1 is 1.33 bits per heavy atom. The van der Waals surface area contributed by atoms with Crippen molar-refractivity contribution in [3.63, 3.8) is 0 Å². The lowest BCUT2D eigenvalue weighted by molar-refractivity contribution is 0.104. The maximum atomic E-state index is 11.9. The molecule has 92 valence electrons. The molecule has 18 heavy (non-hydrogen) atoms. The van der Waals surface area contributed by atoms with Crippen LogP contribution in [0.5, 0.6) is 0 Å². The number of nitrogens with zero attached hydrogens (tertiary/aromatic N) is 2. The van der Waals surface area contributed by atoms with E-state index < -0.39 is 0 Å². The lowest BCUT2D eigenvalue weighted by Gasteiger charge is -2.04. The minimum atomic E-state index is -0.0690. The van der Waals surface area contributed by atoms with Crippen molar-refractivity contribution in [2.75, 3.05) is 19.8 Å². The Bertz CT molecular complexity index is 617. The van der Waals surface area contributed by atoms with Crippen molar-refractivity contribution in [1.82, 2.24) is 9.88 Å². The van der Waals surface area contributed by atoms with Crippen molar-refractivity contribution in [2.45, 2.75) is 0 Å². The second-order valence-corrected chi connectivity index (χ2v) is 4.32. The predicted molar refractivity (Wildman–Crippen MR) is 73.3 cm³/mol. The molecule has 0 saturated heterocycles. The number of hydrogen-bond donors (Lipinski definition) is 1. The largest absolute Gasteiger partial charge is 0.399 e. The van der Waals surface area contributed by atoms with Gasteiger partial charge in [-0.2, -0.15) is 0 Å². The molecule has 1 aromatic heterocycles. The molecule has 0 bridgehead atoms. The fourth-order valence-corrected chi connectivity index (χ4v) is 1.60. The summed E-state index contributed by atoms with van der Waals surface area (Å²) in [6.07, 6.45) is 4.82. The van der Waals surface area contributed by atoms with Crippen LogP contribution in [0.4, 0.5) is 5.69 Å². The molecular weight excluding hydrogens is 226 g/mol. The SMILES string of the molecule is CN(C)C=CC(=O)c1cnc2ccc(N)cc2c1. The minimum absolute atomic E-state index is 0.0690. The number of pyridine rings is 1. The number of allylic oxidation sites excluding steroid dienone is 1. The number of carbonyl (C=O) groups excluding carboxylic acids is 1. The number of fused-ring (bicyclic) bond motifs is 1. The quantitative estimate of drug-likeness (QED) is 0.507. The molecule has 0 radical (unpaired) electrons. The first kappa shape index (κ1) is 12.1. The van der Waals surface area contributed by atoms with Gasteiger partial charge in [0.25, 0.3) is 0 Å². The summed E-state index contributed by atoms with van der Waals surface area (Å²) in [5.74, 6) is -0.0690. The van der Waals surface area contributed by atoms with Gasteiger partial charge in [0, 0.05) is 49.2 Å². The van der Waals surface area contributed by atoms with Gasteiger partial charge in [0.1, 0.15) is 0 Å². The first-order valence-corrected chi connectivity index (χ1v) is 5.60. The summed E-state index contributed by atoms with van der Waals surface area (Å²) in [7, 11) is 3.73. The van der Waals surface area contributed by atoms with Crippen LogP contribution in [0.15, 0.2) is 42.7 Å². The number of anilines is 1. The lowest BCUT2D eigenvalue weighted by Crippen LogP contribution is -2.03. The second-order valence-electron chi connectivity index (χ2n) is 4.32. The Morgan fingerprint density at radius 3 is 2.83 bits per heavy atom. The molecule has 0 unspecified atom stereocenters. The summed E-state index contributed by atoms with van der Waals surface area (Å²) in [6, 6.07) is 7.26. The summed E-state index contributed by atoms with van der Waals surface area (Å²) in [6.45, 7) is 0. The maximum absolute atomic E-state index is 11.9. The van der Waals surface area contributed by atoms with Crippen LogP contribution in [0.3, 0.4) is 0 Å². The highest BCUT2D eigenvalue weighted by atomic mass is 16.1. The van der Waals surface area contributed by atoms with Crippen LogP contribution in [0.1, 0.15) is 10.4 Å². The number of benzene rings is 1. The third-order valence-electron chi connectivity index (χ3n) is 2.51. The molecule has 1 aromatic carbocycles. The Kier molecular flexibility index (Phi) is 3.28. The maximum Gasteiger partial charge on any atom is 0.188 e. The zero-order valence-electron chi connectivity index (χ0n) is 10.4. The summed E-state index contributed by atoms with van der Waals surface area (Å²) in [5.41, 5.74) is 7.77. The predicted octanol–water partition coefficient (Wildman–Crippen LogP) is 2.08. The van der Waals surface area contributed by atoms with E-state index in [1.54, 1.807) is 24.5 Å². The molecule has 0 aliphatic heterocycles. The van der Waals surface area contributed by atoms with Gasteiger partial charge >= 0.3 is 0 Å². The van der Waals surface area contributed by atoms with E-state index in [9.17, 15) is 4.79 Å². The van der Waals surface area contributed by atoms with E-state index >= 15 is 0 Å². The highest BCUT2D eigenvalue weighted by molar-refractivity contribution is 6.06. The third-order valence-corrected chi connectivity index (χ3v) is 2.51. The number of carbonyl (C=O) groups is 1. The number of nitrogen functional groups attached to an aromatic ring is 1. The van der Waals surface area contributed by atoms with Crippen molar-refractivity contribution in [2.24, 2.45) is 0 Å². The van der Waals surface area contributed by atoms with Crippen LogP contribution < -0.4 is 5.73 Å². The van der Waals surface area contributed by atoms with E-state index in [2.05, 4.69) is 4.98 Å². The van der Waals surface area contributed by atoms with E-state index in [4.69, 9.17) is 5.73 Å². The van der Waals surface area contributed by atoms with Crippen LogP contribution in [0.25, 0.3) is 10.9 Å². The van der Waals surface area contributed by atoms with Crippen molar-refractivity contribution in [3.05, 3.63) is 48.3 Å². The van der Waals surface area contributed by atoms with E-state index in [1.165, 1.54) is 6.08 Å². The van der Waals surface area contributed by atoms with E-state index in [0.717, 1.165) is 10.9 Å². The topological polar surface area (TPSA) is 59.2 Å². The summed E-state index contributed by atoms with van der Waals surface area (Å²) in [4.78, 5) is 17.9. The number of ketones is 1. The molecule has 0 atom stereocenters. The Morgan fingerprint density at radius 2 is 2.11 bits per heavy atom. The molecule has 0 aliphatic carbocycles. The summed E-state index contributed by atoms with van der Waals surface area (Å²) < 4.78 is 0. The smallest absolute Gasteiger partial charge is 0.188 e. The molecule has 0 spiro atoms. The fraction of sp³-hybridized carbons (Fsp3) is 0.143. The first-order chi connectivity index (χ1) is 8.56. The fourth-order valence-electron chi connectivity index (χ4n) is 1.60. The van der Waals surface area contributed by atoms with Gasteiger partial charge in [0.05, 0.1) is 5.52 Å². The Labute approximate surface area is 106 Å². The molecule has 4 nitrogen and oxygen atoms in total.